The summed E-state index contributed by atoms with van der Waals surface area (Å²) in [5, 5.41) is 3.10. The van der Waals surface area contributed by atoms with Crippen LogP contribution in [0.25, 0.3) is 0 Å². The first-order valence-electron chi connectivity index (χ1n) is 9.19. The molecule has 2 atom stereocenters. The van der Waals surface area contributed by atoms with Crippen LogP contribution in [0.15, 0.2) is 24.3 Å². The van der Waals surface area contributed by atoms with Crippen LogP contribution in [0, 0.1) is 5.92 Å². The zero-order valence-electron chi connectivity index (χ0n) is 15.7. The van der Waals surface area contributed by atoms with Crippen molar-refractivity contribution in [1.29, 1.82) is 0 Å². The van der Waals surface area contributed by atoms with Gasteiger partial charge < -0.3 is 10.1 Å². The fourth-order valence-corrected chi connectivity index (χ4v) is 3.35. The summed E-state index contributed by atoms with van der Waals surface area (Å²) in [5.74, 6) is 0.233. The van der Waals surface area contributed by atoms with Crippen LogP contribution in [0.2, 0.25) is 0 Å². The molecule has 5 heteroatoms. The van der Waals surface area contributed by atoms with Gasteiger partial charge in [-0.3, -0.25) is 14.5 Å². The van der Waals surface area contributed by atoms with Crippen molar-refractivity contribution in [3.8, 4) is 0 Å². The number of carbonyl (C=O) groups is 2. The van der Waals surface area contributed by atoms with Gasteiger partial charge in [-0.25, -0.2) is 0 Å². The van der Waals surface area contributed by atoms with E-state index in [0.29, 0.717) is 5.92 Å². The molecule has 138 valence electrons. The smallest absolute Gasteiger partial charge is 0.308 e. The summed E-state index contributed by atoms with van der Waals surface area (Å²) in [6, 6.07) is 7.79. The van der Waals surface area contributed by atoms with E-state index in [2.05, 4.69) is 30.1 Å². The molecule has 1 aliphatic rings. The third-order valence-corrected chi connectivity index (χ3v) is 5.35. The van der Waals surface area contributed by atoms with Crippen LogP contribution in [0.1, 0.15) is 51.5 Å². The number of methoxy groups -OCH3 is 1. The lowest BCUT2D eigenvalue weighted by atomic mass is 9.95. The maximum Gasteiger partial charge on any atom is 0.308 e. The molecular formula is C20H30N2O3. The Labute approximate surface area is 150 Å². The molecule has 1 fully saturated rings. The molecule has 0 saturated carbocycles. The van der Waals surface area contributed by atoms with Crippen molar-refractivity contribution < 1.29 is 14.3 Å². The standard InChI is InChI=1S/C20H30N2O3/c1-5-14(2)17-8-6-7-9-18(17)21-19(23)15(3)22-12-10-16(11-13-22)20(24)25-4/h6-9,14-16H,5,10-13H2,1-4H3,(H,21,23)/t14-,15-/m1/s1. The molecule has 0 unspecified atom stereocenters. The molecule has 0 bridgehead atoms. The molecule has 25 heavy (non-hydrogen) atoms. The summed E-state index contributed by atoms with van der Waals surface area (Å²) in [5.41, 5.74) is 2.08. The molecular weight excluding hydrogens is 316 g/mol. The van der Waals surface area contributed by atoms with Crippen LogP contribution in [-0.2, 0) is 14.3 Å². The molecule has 0 aromatic heterocycles. The highest BCUT2D eigenvalue weighted by Gasteiger charge is 2.30. The molecule has 0 radical (unpaired) electrons. The van der Waals surface area contributed by atoms with Crippen molar-refractivity contribution in [2.24, 2.45) is 5.92 Å². The highest BCUT2D eigenvalue weighted by molar-refractivity contribution is 5.95. The van der Waals surface area contributed by atoms with Crippen molar-refractivity contribution in [2.45, 2.75) is 52.0 Å². The van der Waals surface area contributed by atoms with Crippen LogP contribution in [0.3, 0.4) is 0 Å². The lowest BCUT2D eigenvalue weighted by Gasteiger charge is -2.34. The van der Waals surface area contributed by atoms with Crippen molar-refractivity contribution in [3.63, 3.8) is 0 Å². The van der Waals surface area contributed by atoms with Crippen LogP contribution in [-0.4, -0.2) is 43.0 Å². The minimum atomic E-state index is -0.219. The van der Waals surface area contributed by atoms with Crippen molar-refractivity contribution in [1.82, 2.24) is 4.90 Å². The van der Waals surface area contributed by atoms with Gasteiger partial charge in [0.25, 0.3) is 0 Å². The summed E-state index contributed by atoms with van der Waals surface area (Å²) in [6.07, 6.45) is 2.52. The van der Waals surface area contributed by atoms with E-state index in [1.165, 1.54) is 12.7 Å². The van der Waals surface area contributed by atoms with Gasteiger partial charge in [0.1, 0.15) is 0 Å². The topological polar surface area (TPSA) is 58.6 Å². The summed E-state index contributed by atoms with van der Waals surface area (Å²) < 4.78 is 4.82. The fourth-order valence-electron chi connectivity index (χ4n) is 3.35. The van der Waals surface area contributed by atoms with Crippen molar-refractivity contribution >= 4 is 17.6 Å². The number of carbonyl (C=O) groups excluding carboxylic acids is 2. The molecule has 1 amide bonds. The van der Waals surface area contributed by atoms with E-state index in [0.717, 1.165) is 38.0 Å². The molecule has 1 aromatic carbocycles. The Kier molecular flexibility index (Phi) is 7.00. The largest absolute Gasteiger partial charge is 0.469 e. The second kappa shape index (κ2) is 8.99. The third kappa shape index (κ3) is 4.82. The Hall–Kier alpha value is -1.88. The number of benzene rings is 1. The maximum atomic E-state index is 12.7. The zero-order valence-corrected chi connectivity index (χ0v) is 15.7. The molecule has 0 spiro atoms. The molecule has 1 heterocycles. The Balaban J connectivity index is 1.97. The maximum absolute atomic E-state index is 12.7. The molecule has 2 rings (SSSR count). The Bertz CT molecular complexity index is 594. The second-order valence-electron chi connectivity index (χ2n) is 6.90. The number of esters is 1. The van der Waals surface area contributed by atoms with E-state index in [9.17, 15) is 9.59 Å². The second-order valence-corrected chi connectivity index (χ2v) is 6.90. The Morgan fingerprint density at radius 1 is 1.24 bits per heavy atom. The molecule has 0 aliphatic carbocycles. The van der Waals surface area contributed by atoms with Crippen molar-refractivity contribution in [3.05, 3.63) is 29.8 Å². The van der Waals surface area contributed by atoms with Gasteiger partial charge in [-0.05, 0) is 56.8 Å². The highest BCUT2D eigenvalue weighted by atomic mass is 16.5. The number of anilines is 1. The highest BCUT2D eigenvalue weighted by Crippen LogP contribution is 2.27. The zero-order chi connectivity index (χ0) is 18.4. The third-order valence-electron chi connectivity index (χ3n) is 5.35. The number of hydrogen-bond acceptors (Lipinski definition) is 4. The van der Waals surface area contributed by atoms with E-state index in [1.807, 2.05) is 25.1 Å². The predicted octanol–water partition coefficient (Wildman–Crippen LogP) is 3.41. The average molecular weight is 346 g/mol. The normalized spacial score (nSPS) is 18.4. The molecule has 1 aliphatic heterocycles. The summed E-state index contributed by atoms with van der Waals surface area (Å²) in [6.45, 7) is 7.73. The number of hydrogen-bond donors (Lipinski definition) is 1. The number of piperidine rings is 1. The van der Waals surface area contributed by atoms with Crippen LogP contribution in [0.4, 0.5) is 5.69 Å². The number of ether oxygens (including phenoxy) is 1. The van der Waals surface area contributed by atoms with Gasteiger partial charge in [-0.15, -0.1) is 0 Å². The summed E-state index contributed by atoms with van der Waals surface area (Å²) in [7, 11) is 1.43. The first-order valence-corrected chi connectivity index (χ1v) is 9.19. The SMILES string of the molecule is CC[C@@H](C)c1ccccc1NC(=O)[C@@H](C)N1CCC(C(=O)OC)CC1. The predicted molar refractivity (Wildman–Crippen MR) is 99.6 cm³/mol. The average Bonchev–Trinajstić information content (AvgIpc) is 2.66. The van der Waals surface area contributed by atoms with E-state index < -0.39 is 0 Å². The van der Waals surface area contributed by atoms with Gasteiger partial charge in [0, 0.05) is 5.69 Å². The number of likely N-dealkylation sites (tertiary alicyclic amines) is 1. The van der Waals surface area contributed by atoms with Gasteiger partial charge in [0.15, 0.2) is 0 Å². The minimum absolute atomic E-state index is 0.00673. The quantitative estimate of drug-likeness (QED) is 0.802. The number of nitrogens with one attached hydrogen (secondary N) is 1. The fraction of sp³-hybridized carbons (Fsp3) is 0.600. The van der Waals surface area contributed by atoms with Crippen LogP contribution >= 0.6 is 0 Å². The van der Waals surface area contributed by atoms with E-state index in [-0.39, 0.29) is 23.8 Å². The lowest BCUT2D eigenvalue weighted by molar-refractivity contribution is -0.147. The number of rotatable bonds is 6. The minimum Gasteiger partial charge on any atom is -0.469 e. The number of para-hydroxylation sites is 1. The molecule has 5 nitrogen and oxygen atoms in total. The van der Waals surface area contributed by atoms with Crippen LogP contribution < -0.4 is 5.32 Å². The Morgan fingerprint density at radius 2 is 1.88 bits per heavy atom. The van der Waals surface area contributed by atoms with Gasteiger partial charge in [0.05, 0.1) is 19.1 Å². The summed E-state index contributed by atoms with van der Waals surface area (Å²) in [4.78, 5) is 26.5. The Morgan fingerprint density at radius 3 is 2.48 bits per heavy atom. The van der Waals surface area contributed by atoms with Gasteiger partial charge >= 0.3 is 5.97 Å². The molecule has 1 saturated heterocycles. The summed E-state index contributed by atoms with van der Waals surface area (Å²) >= 11 is 0. The van der Waals surface area contributed by atoms with Crippen LogP contribution in [0.5, 0.6) is 0 Å². The van der Waals surface area contributed by atoms with Gasteiger partial charge in [-0.2, -0.15) is 0 Å². The molecule has 1 aromatic rings. The number of nitrogens with zero attached hydrogens (tertiary/aromatic N) is 1. The van der Waals surface area contributed by atoms with Gasteiger partial charge in [-0.1, -0.05) is 32.0 Å². The number of amides is 1. The first kappa shape index (κ1) is 19.4. The lowest BCUT2D eigenvalue weighted by Crippen LogP contribution is -2.47. The van der Waals surface area contributed by atoms with Gasteiger partial charge in [0.2, 0.25) is 5.91 Å². The first-order chi connectivity index (χ1) is 12.0. The van der Waals surface area contributed by atoms with E-state index in [4.69, 9.17) is 4.74 Å². The van der Waals surface area contributed by atoms with E-state index >= 15 is 0 Å². The molecule has 1 N–H and O–H groups in total. The monoisotopic (exact) mass is 346 g/mol. The van der Waals surface area contributed by atoms with Crippen molar-refractivity contribution in [2.75, 3.05) is 25.5 Å². The van der Waals surface area contributed by atoms with E-state index in [1.54, 1.807) is 0 Å².